The topological polar surface area (TPSA) is 51.7 Å². The second kappa shape index (κ2) is 5.09. The van der Waals surface area contributed by atoms with Crippen molar-refractivity contribution in [1.82, 2.24) is 4.98 Å². The van der Waals surface area contributed by atoms with Crippen LogP contribution in [0.5, 0.6) is 0 Å². The Morgan fingerprint density at radius 3 is 2.80 bits per heavy atom. The van der Waals surface area contributed by atoms with Gasteiger partial charge in [-0.3, -0.25) is 0 Å². The Morgan fingerprint density at radius 2 is 2.15 bits per heavy atom. The molecule has 20 heavy (non-hydrogen) atoms. The van der Waals surface area contributed by atoms with Crippen LogP contribution in [-0.4, -0.2) is 52.2 Å². The normalized spacial score (nSPS) is 20.6. The Kier molecular flexibility index (Phi) is 3.42. The molecule has 0 saturated carbocycles. The van der Waals surface area contributed by atoms with Gasteiger partial charge >= 0.3 is 5.97 Å². The first kappa shape index (κ1) is 13.4. The van der Waals surface area contributed by atoms with E-state index >= 15 is 0 Å². The van der Waals surface area contributed by atoms with Crippen molar-refractivity contribution >= 4 is 25.1 Å². The average molecular weight is 272 g/mol. The van der Waals surface area contributed by atoms with Crippen LogP contribution in [0.1, 0.15) is 23.2 Å². The number of hydrogen-bond donors (Lipinski definition) is 0. The molecule has 2 aliphatic rings. The molecule has 2 aliphatic heterocycles. The summed E-state index contributed by atoms with van der Waals surface area (Å²) in [4.78, 5) is 18.3. The number of esters is 1. The van der Waals surface area contributed by atoms with Gasteiger partial charge in [0.25, 0.3) is 0 Å². The molecule has 0 bridgehead atoms. The third-order valence-corrected chi connectivity index (χ3v) is 4.20. The number of carbonyl (C=O) groups excluding carboxylic acids is 1. The first-order valence-electron chi connectivity index (χ1n) is 6.80. The Labute approximate surface area is 119 Å². The number of carbonyl (C=O) groups is 1. The molecule has 2 fully saturated rings. The van der Waals surface area contributed by atoms with Crippen molar-refractivity contribution < 1.29 is 14.3 Å². The van der Waals surface area contributed by atoms with E-state index in [4.69, 9.17) is 17.3 Å². The lowest BCUT2D eigenvalue weighted by Gasteiger charge is -2.53. The van der Waals surface area contributed by atoms with Gasteiger partial charge in [0, 0.05) is 37.9 Å². The molecule has 1 aromatic rings. The molecule has 1 spiro atoms. The molecule has 2 saturated heterocycles. The molecule has 3 rings (SSSR count). The van der Waals surface area contributed by atoms with Crippen LogP contribution >= 0.6 is 0 Å². The highest BCUT2D eigenvalue weighted by Crippen LogP contribution is 2.42. The van der Waals surface area contributed by atoms with Crippen molar-refractivity contribution in [3.63, 3.8) is 0 Å². The van der Waals surface area contributed by atoms with Gasteiger partial charge in [-0.05, 0) is 18.9 Å². The minimum Gasteiger partial charge on any atom is -0.465 e. The molecule has 0 aromatic carbocycles. The average Bonchev–Trinajstić information content (AvgIpc) is 2.45. The summed E-state index contributed by atoms with van der Waals surface area (Å²) >= 11 is 0. The molecule has 0 N–H and O–H groups in total. The van der Waals surface area contributed by atoms with Crippen LogP contribution in [0.2, 0.25) is 0 Å². The Balaban J connectivity index is 1.80. The van der Waals surface area contributed by atoms with Crippen molar-refractivity contribution in [1.29, 1.82) is 0 Å². The number of ether oxygens (including phenoxy) is 2. The molecule has 104 valence electrons. The molecule has 5 nitrogen and oxygen atoms in total. The summed E-state index contributed by atoms with van der Waals surface area (Å²) in [6, 6.07) is 1.63. The van der Waals surface area contributed by atoms with Gasteiger partial charge in [0.15, 0.2) is 0 Å². The van der Waals surface area contributed by atoms with Crippen molar-refractivity contribution in [3.8, 4) is 0 Å². The van der Waals surface area contributed by atoms with E-state index in [1.54, 1.807) is 12.3 Å². The maximum Gasteiger partial charge on any atom is 0.341 e. The van der Waals surface area contributed by atoms with Gasteiger partial charge in [0.1, 0.15) is 19.2 Å². The van der Waals surface area contributed by atoms with E-state index in [1.807, 2.05) is 0 Å². The van der Waals surface area contributed by atoms with E-state index in [1.165, 1.54) is 7.11 Å². The Bertz CT molecular complexity index is 521. The first-order chi connectivity index (χ1) is 9.63. The molecule has 0 aliphatic carbocycles. The van der Waals surface area contributed by atoms with E-state index in [9.17, 15) is 4.79 Å². The Hall–Kier alpha value is -1.56. The van der Waals surface area contributed by atoms with Gasteiger partial charge in [-0.2, -0.15) is 0 Å². The van der Waals surface area contributed by atoms with Gasteiger partial charge in [-0.15, -0.1) is 0 Å². The van der Waals surface area contributed by atoms with Crippen molar-refractivity contribution in [2.45, 2.75) is 12.8 Å². The zero-order valence-electron chi connectivity index (χ0n) is 11.6. The summed E-state index contributed by atoms with van der Waals surface area (Å²) in [5, 5.41) is 0. The molecule has 2 radical (unpaired) electrons. The van der Waals surface area contributed by atoms with Crippen molar-refractivity contribution in [2.24, 2.45) is 5.41 Å². The number of pyridine rings is 1. The van der Waals surface area contributed by atoms with E-state index in [0.717, 1.165) is 39.1 Å². The molecule has 0 amide bonds. The van der Waals surface area contributed by atoms with Crippen LogP contribution in [0.25, 0.3) is 0 Å². The van der Waals surface area contributed by atoms with E-state index < -0.39 is 5.97 Å². The zero-order valence-corrected chi connectivity index (χ0v) is 11.6. The summed E-state index contributed by atoms with van der Waals surface area (Å²) in [6.07, 6.45) is 3.73. The fourth-order valence-corrected chi connectivity index (χ4v) is 3.02. The molecule has 0 atom stereocenters. The zero-order chi connectivity index (χ0) is 14.2. The van der Waals surface area contributed by atoms with Crippen LogP contribution < -0.4 is 10.4 Å². The highest BCUT2D eigenvalue weighted by atomic mass is 16.5. The Morgan fingerprint density at radius 1 is 1.45 bits per heavy atom. The third kappa shape index (κ3) is 2.28. The summed E-state index contributed by atoms with van der Waals surface area (Å²) in [7, 11) is 7.08. The smallest absolute Gasteiger partial charge is 0.341 e. The fourth-order valence-electron chi connectivity index (χ4n) is 3.02. The van der Waals surface area contributed by atoms with Gasteiger partial charge < -0.3 is 14.4 Å². The summed E-state index contributed by atoms with van der Waals surface area (Å²) in [5.74, 6) is 0.274. The number of anilines is 1. The second-order valence-electron chi connectivity index (χ2n) is 5.60. The maximum absolute atomic E-state index is 11.8. The number of aromatic nitrogens is 1. The summed E-state index contributed by atoms with van der Waals surface area (Å²) in [6.45, 7) is 3.48. The van der Waals surface area contributed by atoms with Gasteiger partial charge in [-0.1, -0.05) is 5.46 Å². The highest BCUT2D eigenvalue weighted by Gasteiger charge is 2.45. The number of methoxy groups -OCH3 is 1. The van der Waals surface area contributed by atoms with E-state index in [0.29, 0.717) is 22.3 Å². The van der Waals surface area contributed by atoms with Crippen LogP contribution in [0, 0.1) is 5.41 Å². The van der Waals surface area contributed by atoms with E-state index in [2.05, 4.69) is 9.88 Å². The molecule has 0 unspecified atom stereocenters. The van der Waals surface area contributed by atoms with Crippen LogP contribution in [0.15, 0.2) is 12.3 Å². The predicted molar refractivity (Wildman–Crippen MR) is 75.7 cm³/mol. The van der Waals surface area contributed by atoms with E-state index in [-0.39, 0.29) is 0 Å². The SMILES string of the molecule is [B]c1cnc(N2CC3(CCOCC3)C2)c(C(=O)OC)c1. The predicted octanol–water partition coefficient (Wildman–Crippen LogP) is 0.279. The fraction of sp³-hybridized carbons (Fsp3) is 0.571. The van der Waals surface area contributed by atoms with Crippen LogP contribution in [0.4, 0.5) is 5.82 Å². The second-order valence-corrected chi connectivity index (χ2v) is 5.60. The largest absolute Gasteiger partial charge is 0.465 e. The molecule has 6 heteroatoms. The minimum atomic E-state index is -0.396. The van der Waals surface area contributed by atoms with Crippen LogP contribution in [-0.2, 0) is 9.47 Å². The number of nitrogens with zero attached hydrogens (tertiary/aromatic N) is 2. The van der Waals surface area contributed by atoms with Crippen LogP contribution in [0.3, 0.4) is 0 Å². The lowest BCUT2D eigenvalue weighted by Crippen LogP contribution is -2.59. The third-order valence-electron chi connectivity index (χ3n) is 4.20. The monoisotopic (exact) mass is 272 g/mol. The number of rotatable bonds is 2. The lowest BCUT2D eigenvalue weighted by atomic mass is 9.73. The minimum absolute atomic E-state index is 0.328. The molecular formula is C14H17BN2O3. The summed E-state index contributed by atoms with van der Waals surface area (Å²) < 4.78 is 10.2. The van der Waals surface area contributed by atoms with Gasteiger partial charge in [-0.25, -0.2) is 9.78 Å². The molecule has 3 heterocycles. The molecular weight excluding hydrogens is 255 g/mol. The standard InChI is InChI=1S/C14H17BN2O3/c1-19-13(18)11-6-10(15)7-16-12(11)17-8-14(9-17)2-4-20-5-3-14/h6-7H,2-5,8-9H2,1H3. The number of hydrogen-bond acceptors (Lipinski definition) is 5. The van der Waals surface area contributed by atoms with Crippen molar-refractivity contribution in [3.05, 3.63) is 17.8 Å². The van der Waals surface area contributed by atoms with Gasteiger partial charge in [0.2, 0.25) is 0 Å². The quantitative estimate of drug-likeness (QED) is 0.571. The molecule has 1 aromatic heterocycles. The summed E-state index contributed by atoms with van der Waals surface area (Å²) in [5.41, 5.74) is 1.24. The van der Waals surface area contributed by atoms with Crippen molar-refractivity contribution in [2.75, 3.05) is 38.3 Å². The van der Waals surface area contributed by atoms with Gasteiger partial charge in [0.05, 0.1) is 7.11 Å². The highest BCUT2D eigenvalue weighted by molar-refractivity contribution is 6.32. The lowest BCUT2D eigenvalue weighted by molar-refractivity contribution is -0.000583. The maximum atomic E-state index is 11.8. The first-order valence-corrected chi connectivity index (χ1v) is 6.80.